The van der Waals surface area contributed by atoms with Crippen molar-refractivity contribution in [3.05, 3.63) is 29.2 Å². The van der Waals surface area contributed by atoms with Gasteiger partial charge in [-0.1, -0.05) is 13.8 Å². The minimum Gasteiger partial charge on any atom is -0.467 e. The van der Waals surface area contributed by atoms with Crippen LogP contribution in [0.25, 0.3) is 11.1 Å². The number of anilines is 1. The summed E-state index contributed by atoms with van der Waals surface area (Å²) in [7, 11) is 1.51. The highest BCUT2D eigenvalue weighted by Crippen LogP contribution is 2.59. The highest BCUT2D eigenvalue weighted by Gasteiger charge is 2.48. The van der Waals surface area contributed by atoms with Crippen molar-refractivity contribution >= 4 is 5.82 Å². The number of nitrogens with zero attached hydrogens (tertiary/aromatic N) is 4. The standard InChI is InChI=1S/C17H19N5O/c1-9-13(10-7-20-16(23-4)21-8-10)11(6-18)15(19)22-14(9)12-5-17(12,2)3/h7-8,12H,5H2,1-4H3,(H2,19,22)/t12-/m1/s1. The molecule has 1 aliphatic rings. The molecule has 0 spiro atoms. The molecule has 1 atom stereocenters. The van der Waals surface area contributed by atoms with Gasteiger partial charge in [0.1, 0.15) is 17.5 Å². The first-order chi connectivity index (χ1) is 10.9. The molecule has 3 rings (SSSR count). The Hall–Kier alpha value is -2.68. The van der Waals surface area contributed by atoms with E-state index in [1.165, 1.54) is 7.11 Å². The molecule has 0 amide bonds. The van der Waals surface area contributed by atoms with Crippen LogP contribution in [0.15, 0.2) is 12.4 Å². The molecule has 23 heavy (non-hydrogen) atoms. The number of nitrogen functional groups attached to an aromatic ring is 1. The maximum atomic E-state index is 9.50. The molecule has 6 heteroatoms. The third kappa shape index (κ3) is 2.48. The van der Waals surface area contributed by atoms with Crippen molar-refractivity contribution in [2.24, 2.45) is 5.41 Å². The third-order valence-electron chi connectivity index (χ3n) is 4.56. The van der Waals surface area contributed by atoms with Crippen LogP contribution < -0.4 is 10.5 Å². The van der Waals surface area contributed by atoms with E-state index < -0.39 is 0 Å². The molecule has 1 aliphatic carbocycles. The Morgan fingerprint density at radius 2 is 1.96 bits per heavy atom. The van der Waals surface area contributed by atoms with E-state index >= 15 is 0 Å². The highest BCUT2D eigenvalue weighted by molar-refractivity contribution is 5.78. The van der Waals surface area contributed by atoms with Crippen LogP contribution in [-0.2, 0) is 0 Å². The van der Waals surface area contributed by atoms with Crippen molar-refractivity contribution in [3.8, 4) is 23.2 Å². The van der Waals surface area contributed by atoms with Gasteiger partial charge >= 0.3 is 6.01 Å². The lowest BCUT2D eigenvalue weighted by atomic mass is 9.94. The summed E-state index contributed by atoms with van der Waals surface area (Å²) >= 11 is 0. The second-order valence-corrected chi connectivity index (χ2v) is 6.57. The second kappa shape index (κ2) is 5.20. The molecule has 118 valence electrons. The van der Waals surface area contributed by atoms with Gasteiger partial charge in [-0.2, -0.15) is 5.26 Å². The Morgan fingerprint density at radius 3 is 2.43 bits per heavy atom. The molecule has 0 unspecified atom stereocenters. The van der Waals surface area contributed by atoms with Crippen molar-refractivity contribution in [3.63, 3.8) is 0 Å². The average molecular weight is 309 g/mol. The number of hydrogen-bond donors (Lipinski definition) is 1. The first kappa shape index (κ1) is 15.2. The van der Waals surface area contributed by atoms with Gasteiger partial charge in [0.15, 0.2) is 0 Å². The van der Waals surface area contributed by atoms with E-state index in [1.807, 2.05) is 6.92 Å². The van der Waals surface area contributed by atoms with Crippen LogP contribution in [0.3, 0.4) is 0 Å². The number of nitriles is 1. The number of rotatable bonds is 3. The van der Waals surface area contributed by atoms with E-state index in [2.05, 4.69) is 34.9 Å². The number of ether oxygens (including phenoxy) is 1. The van der Waals surface area contributed by atoms with Crippen molar-refractivity contribution in [1.29, 1.82) is 5.26 Å². The molecule has 0 aromatic carbocycles. The van der Waals surface area contributed by atoms with Gasteiger partial charge in [-0.25, -0.2) is 15.0 Å². The largest absolute Gasteiger partial charge is 0.467 e. The van der Waals surface area contributed by atoms with Crippen molar-refractivity contribution in [2.45, 2.75) is 33.1 Å². The lowest BCUT2D eigenvalue weighted by Crippen LogP contribution is -2.07. The maximum Gasteiger partial charge on any atom is 0.316 e. The first-order valence-electron chi connectivity index (χ1n) is 7.45. The van der Waals surface area contributed by atoms with Gasteiger partial charge in [0.2, 0.25) is 0 Å². The molecular formula is C17H19N5O. The normalized spacial score (nSPS) is 18.3. The summed E-state index contributed by atoms with van der Waals surface area (Å²) in [5.74, 6) is 0.636. The van der Waals surface area contributed by atoms with Crippen LogP contribution >= 0.6 is 0 Å². The summed E-state index contributed by atoms with van der Waals surface area (Å²) in [6.45, 7) is 6.41. The number of hydrogen-bond acceptors (Lipinski definition) is 6. The van der Waals surface area contributed by atoms with Crippen LogP contribution in [0.4, 0.5) is 5.82 Å². The molecule has 1 fully saturated rings. The monoisotopic (exact) mass is 309 g/mol. The van der Waals surface area contributed by atoms with Gasteiger partial charge in [0.25, 0.3) is 0 Å². The number of aromatic nitrogens is 3. The van der Waals surface area contributed by atoms with Gasteiger partial charge in [0.05, 0.1) is 12.8 Å². The van der Waals surface area contributed by atoms with Gasteiger partial charge < -0.3 is 10.5 Å². The lowest BCUT2D eigenvalue weighted by Gasteiger charge is -2.15. The summed E-state index contributed by atoms with van der Waals surface area (Å²) in [6.07, 6.45) is 4.37. The number of nitrogens with two attached hydrogens (primary N) is 1. The zero-order chi connectivity index (χ0) is 16.8. The van der Waals surface area contributed by atoms with E-state index in [4.69, 9.17) is 10.5 Å². The van der Waals surface area contributed by atoms with Crippen molar-refractivity contribution in [1.82, 2.24) is 15.0 Å². The minimum absolute atomic E-state index is 0.228. The summed E-state index contributed by atoms with van der Waals surface area (Å²) < 4.78 is 4.99. The lowest BCUT2D eigenvalue weighted by molar-refractivity contribution is 0.380. The van der Waals surface area contributed by atoms with E-state index in [9.17, 15) is 5.26 Å². The van der Waals surface area contributed by atoms with Gasteiger partial charge in [-0.3, -0.25) is 0 Å². The third-order valence-corrected chi connectivity index (χ3v) is 4.56. The van der Waals surface area contributed by atoms with Crippen LogP contribution in [0.1, 0.15) is 43.0 Å². The Labute approximate surface area is 135 Å². The number of pyridine rings is 1. The summed E-state index contributed by atoms with van der Waals surface area (Å²) in [5.41, 5.74) is 10.1. The summed E-state index contributed by atoms with van der Waals surface area (Å²) in [4.78, 5) is 12.8. The maximum absolute atomic E-state index is 9.50. The Balaban J connectivity index is 2.19. The van der Waals surface area contributed by atoms with Crippen LogP contribution in [0.2, 0.25) is 0 Å². The average Bonchev–Trinajstić information content (AvgIpc) is 3.17. The molecule has 2 aromatic rings. The molecule has 0 saturated heterocycles. The number of methoxy groups -OCH3 is 1. The summed E-state index contributed by atoms with van der Waals surface area (Å²) in [5, 5.41) is 9.50. The predicted molar refractivity (Wildman–Crippen MR) is 86.8 cm³/mol. The fraction of sp³-hybridized carbons (Fsp3) is 0.412. The molecule has 6 nitrogen and oxygen atoms in total. The minimum atomic E-state index is 0.228. The van der Waals surface area contributed by atoms with Gasteiger partial charge in [-0.05, 0) is 24.3 Å². The zero-order valence-corrected chi connectivity index (χ0v) is 13.7. The van der Waals surface area contributed by atoms with Crippen LogP contribution in [0.5, 0.6) is 6.01 Å². The van der Waals surface area contributed by atoms with Crippen molar-refractivity contribution in [2.75, 3.05) is 12.8 Å². The molecule has 2 heterocycles. The first-order valence-corrected chi connectivity index (χ1v) is 7.45. The predicted octanol–water partition coefficient (Wildman–Crippen LogP) is 2.82. The molecule has 1 saturated carbocycles. The topological polar surface area (TPSA) is 97.7 Å². The smallest absolute Gasteiger partial charge is 0.316 e. The fourth-order valence-corrected chi connectivity index (χ4v) is 3.01. The molecule has 0 radical (unpaired) electrons. The molecule has 2 aromatic heterocycles. The summed E-state index contributed by atoms with van der Waals surface area (Å²) in [6, 6.07) is 2.45. The molecule has 0 bridgehead atoms. The fourth-order valence-electron chi connectivity index (χ4n) is 3.01. The van der Waals surface area contributed by atoms with E-state index in [0.717, 1.165) is 28.8 Å². The SMILES string of the molecule is COc1ncc(-c2c(C)c([C@H]3CC3(C)C)nc(N)c2C#N)cn1. The Morgan fingerprint density at radius 1 is 1.35 bits per heavy atom. The second-order valence-electron chi connectivity index (χ2n) is 6.57. The van der Waals surface area contributed by atoms with E-state index in [-0.39, 0.29) is 17.2 Å². The van der Waals surface area contributed by atoms with E-state index in [0.29, 0.717) is 11.5 Å². The zero-order valence-electron chi connectivity index (χ0n) is 13.7. The van der Waals surface area contributed by atoms with Crippen LogP contribution in [-0.4, -0.2) is 22.1 Å². The highest BCUT2D eigenvalue weighted by atomic mass is 16.5. The molecule has 2 N–H and O–H groups in total. The Bertz CT molecular complexity index is 805. The Kier molecular flexibility index (Phi) is 3.44. The quantitative estimate of drug-likeness (QED) is 0.936. The van der Waals surface area contributed by atoms with Crippen LogP contribution in [0, 0.1) is 23.7 Å². The van der Waals surface area contributed by atoms with Gasteiger partial charge in [-0.15, -0.1) is 0 Å². The van der Waals surface area contributed by atoms with Crippen molar-refractivity contribution < 1.29 is 4.74 Å². The molecule has 0 aliphatic heterocycles. The van der Waals surface area contributed by atoms with E-state index in [1.54, 1.807) is 12.4 Å². The van der Waals surface area contributed by atoms with Gasteiger partial charge in [0, 0.05) is 29.4 Å². The molecular weight excluding hydrogens is 290 g/mol.